The minimum atomic E-state index is 0.0487. The molecule has 1 aromatic heterocycles. The summed E-state index contributed by atoms with van der Waals surface area (Å²) < 4.78 is 7.24. The van der Waals surface area contributed by atoms with Crippen LogP contribution in [0.4, 0.5) is 5.82 Å². The molecule has 18 heavy (non-hydrogen) atoms. The van der Waals surface area contributed by atoms with E-state index in [4.69, 9.17) is 4.74 Å². The molecule has 0 saturated carbocycles. The van der Waals surface area contributed by atoms with Crippen LogP contribution in [0.1, 0.15) is 24.1 Å². The monoisotopic (exact) mass is 253 g/mol. The molecule has 1 aliphatic heterocycles. The van der Waals surface area contributed by atoms with Crippen LogP contribution in [-0.4, -0.2) is 41.7 Å². The van der Waals surface area contributed by atoms with Crippen molar-refractivity contribution in [3.8, 4) is 0 Å². The van der Waals surface area contributed by atoms with Crippen molar-refractivity contribution >= 4 is 5.82 Å². The topological polar surface area (TPSA) is 50.5 Å². The number of aliphatic hydroxyl groups excluding tert-OH is 1. The third-order valence-electron chi connectivity index (χ3n) is 3.71. The zero-order chi connectivity index (χ0) is 13.1. The maximum atomic E-state index is 9.47. The smallest absolute Gasteiger partial charge is 0.132 e. The van der Waals surface area contributed by atoms with Gasteiger partial charge in [0.1, 0.15) is 5.82 Å². The molecule has 0 bridgehead atoms. The lowest BCUT2D eigenvalue weighted by atomic mass is 10.00. The molecule has 2 heterocycles. The number of aryl methyl sites for hydroxylation is 2. The molecule has 5 heteroatoms. The second-order valence-electron chi connectivity index (χ2n) is 5.11. The van der Waals surface area contributed by atoms with E-state index in [-0.39, 0.29) is 6.61 Å². The molecule has 0 atom stereocenters. The zero-order valence-corrected chi connectivity index (χ0v) is 11.5. The van der Waals surface area contributed by atoms with Gasteiger partial charge < -0.3 is 14.7 Å². The Morgan fingerprint density at radius 1 is 1.44 bits per heavy atom. The summed E-state index contributed by atoms with van der Waals surface area (Å²) in [5, 5.41) is 13.9. The van der Waals surface area contributed by atoms with Gasteiger partial charge in [-0.15, -0.1) is 0 Å². The Labute approximate surface area is 108 Å². The second kappa shape index (κ2) is 5.71. The third-order valence-corrected chi connectivity index (χ3v) is 3.71. The first-order valence-electron chi connectivity index (χ1n) is 6.55. The maximum absolute atomic E-state index is 9.47. The fourth-order valence-corrected chi connectivity index (χ4v) is 2.76. The Kier molecular flexibility index (Phi) is 4.24. The fourth-order valence-electron chi connectivity index (χ4n) is 2.76. The molecule has 1 aliphatic rings. The highest BCUT2D eigenvalue weighted by Crippen LogP contribution is 2.25. The Morgan fingerprint density at radius 2 is 2.11 bits per heavy atom. The molecule has 0 aromatic carbocycles. The summed E-state index contributed by atoms with van der Waals surface area (Å²) >= 11 is 0. The SMILES string of the molecule is Cc1nn(C)c(N(C)CC2CCOCC2)c1CO. The van der Waals surface area contributed by atoms with E-state index in [1.807, 2.05) is 18.7 Å². The van der Waals surface area contributed by atoms with Crippen LogP contribution in [0.2, 0.25) is 0 Å². The van der Waals surface area contributed by atoms with Gasteiger partial charge in [0.05, 0.1) is 12.3 Å². The summed E-state index contributed by atoms with van der Waals surface area (Å²) in [7, 11) is 4.01. The molecule has 1 N–H and O–H groups in total. The lowest BCUT2D eigenvalue weighted by Crippen LogP contribution is -2.31. The predicted molar refractivity (Wildman–Crippen MR) is 70.7 cm³/mol. The van der Waals surface area contributed by atoms with Gasteiger partial charge in [-0.25, -0.2) is 0 Å². The number of aromatic nitrogens is 2. The predicted octanol–water partition coefficient (Wildman–Crippen LogP) is 1.08. The van der Waals surface area contributed by atoms with E-state index >= 15 is 0 Å². The Morgan fingerprint density at radius 3 is 2.72 bits per heavy atom. The van der Waals surface area contributed by atoms with Gasteiger partial charge in [-0.3, -0.25) is 4.68 Å². The van der Waals surface area contributed by atoms with E-state index in [1.165, 1.54) is 0 Å². The van der Waals surface area contributed by atoms with Crippen molar-refractivity contribution < 1.29 is 9.84 Å². The van der Waals surface area contributed by atoms with Crippen molar-refractivity contribution in [1.82, 2.24) is 9.78 Å². The molecule has 1 aromatic rings. The summed E-state index contributed by atoms with van der Waals surface area (Å²) in [6, 6.07) is 0. The standard InChI is InChI=1S/C13H23N3O2/c1-10-12(9-17)13(16(3)14-10)15(2)8-11-4-6-18-7-5-11/h11,17H,4-9H2,1-3H3. The first kappa shape index (κ1) is 13.4. The van der Waals surface area contributed by atoms with Gasteiger partial charge in [-0.05, 0) is 25.7 Å². The molecule has 1 saturated heterocycles. The van der Waals surface area contributed by atoms with Gasteiger partial charge in [-0.1, -0.05) is 0 Å². The van der Waals surface area contributed by atoms with Gasteiger partial charge in [0.2, 0.25) is 0 Å². The van der Waals surface area contributed by atoms with Crippen LogP contribution in [0.3, 0.4) is 0 Å². The Bertz CT molecular complexity index is 397. The number of hydrogen-bond donors (Lipinski definition) is 1. The minimum Gasteiger partial charge on any atom is -0.391 e. The van der Waals surface area contributed by atoms with Gasteiger partial charge in [0.15, 0.2) is 0 Å². The second-order valence-corrected chi connectivity index (χ2v) is 5.11. The highest BCUT2D eigenvalue weighted by molar-refractivity contribution is 5.49. The average molecular weight is 253 g/mol. The molecular formula is C13H23N3O2. The number of anilines is 1. The molecule has 0 radical (unpaired) electrons. The normalized spacial score (nSPS) is 17.1. The van der Waals surface area contributed by atoms with Crippen molar-refractivity contribution in [2.45, 2.75) is 26.4 Å². The first-order chi connectivity index (χ1) is 8.63. The summed E-state index contributed by atoms with van der Waals surface area (Å²) in [5.41, 5.74) is 1.85. The molecule has 0 aliphatic carbocycles. The Balaban J connectivity index is 2.10. The lowest BCUT2D eigenvalue weighted by Gasteiger charge is -2.28. The van der Waals surface area contributed by atoms with E-state index in [9.17, 15) is 5.11 Å². The van der Waals surface area contributed by atoms with Crippen molar-refractivity contribution in [3.05, 3.63) is 11.3 Å². The molecule has 102 valence electrons. The third kappa shape index (κ3) is 2.67. The van der Waals surface area contributed by atoms with E-state index in [0.29, 0.717) is 5.92 Å². The highest BCUT2D eigenvalue weighted by Gasteiger charge is 2.20. The number of hydrogen-bond acceptors (Lipinski definition) is 4. The van der Waals surface area contributed by atoms with Gasteiger partial charge in [0.25, 0.3) is 0 Å². The quantitative estimate of drug-likeness (QED) is 0.872. The lowest BCUT2D eigenvalue weighted by molar-refractivity contribution is 0.0684. The number of ether oxygens (including phenoxy) is 1. The van der Waals surface area contributed by atoms with Crippen LogP contribution < -0.4 is 4.90 Å². The van der Waals surface area contributed by atoms with Gasteiger partial charge in [0, 0.05) is 39.4 Å². The summed E-state index contributed by atoms with van der Waals surface area (Å²) in [6.07, 6.45) is 2.24. The van der Waals surface area contributed by atoms with Crippen molar-refractivity contribution in [3.63, 3.8) is 0 Å². The summed E-state index contributed by atoms with van der Waals surface area (Å²) in [6.45, 7) is 4.73. The average Bonchev–Trinajstić information content (AvgIpc) is 2.64. The largest absolute Gasteiger partial charge is 0.391 e. The Hall–Kier alpha value is -1.07. The van der Waals surface area contributed by atoms with Crippen molar-refractivity contribution in [1.29, 1.82) is 0 Å². The molecule has 5 nitrogen and oxygen atoms in total. The van der Waals surface area contributed by atoms with Crippen LogP contribution in [-0.2, 0) is 18.4 Å². The summed E-state index contributed by atoms with van der Waals surface area (Å²) in [4.78, 5) is 2.21. The van der Waals surface area contributed by atoms with Crippen molar-refractivity contribution in [2.75, 3.05) is 31.7 Å². The summed E-state index contributed by atoms with van der Waals surface area (Å²) in [5.74, 6) is 1.70. The first-order valence-corrected chi connectivity index (χ1v) is 6.55. The number of rotatable bonds is 4. The number of nitrogens with zero attached hydrogens (tertiary/aromatic N) is 3. The van der Waals surface area contributed by atoms with Crippen molar-refractivity contribution in [2.24, 2.45) is 13.0 Å². The molecule has 0 spiro atoms. The van der Waals surface area contributed by atoms with Gasteiger partial charge >= 0.3 is 0 Å². The van der Waals surface area contributed by atoms with Crippen LogP contribution in [0.5, 0.6) is 0 Å². The molecule has 0 amide bonds. The van der Waals surface area contributed by atoms with Crippen LogP contribution in [0.25, 0.3) is 0 Å². The van der Waals surface area contributed by atoms with Gasteiger partial charge in [-0.2, -0.15) is 5.10 Å². The zero-order valence-electron chi connectivity index (χ0n) is 11.5. The van der Waals surface area contributed by atoms with Crippen LogP contribution in [0.15, 0.2) is 0 Å². The molecular weight excluding hydrogens is 230 g/mol. The number of aliphatic hydroxyl groups is 1. The molecule has 2 rings (SSSR count). The van der Waals surface area contributed by atoms with Crippen LogP contribution in [0, 0.1) is 12.8 Å². The minimum absolute atomic E-state index is 0.0487. The van der Waals surface area contributed by atoms with Crippen LogP contribution >= 0.6 is 0 Å². The van der Waals surface area contributed by atoms with E-state index < -0.39 is 0 Å². The van der Waals surface area contributed by atoms with E-state index in [2.05, 4.69) is 17.0 Å². The van der Waals surface area contributed by atoms with E-state index in [1.54, 1.807) is 0 Å². The molecule has 1 fully saturated rings. The maximum Gasteiger partial charge on any atom is 0.132 e. The molecule has 0 unspecified atom stereocenters. The van der Waals surface area contributed by atoms with E-state index in [0.717, 1.165) is 49.7 Å². The fraction of sp³-hybridized carbons (Fsp3) is 0.769. The highest BCUT2D eigenvalue weighted by atomic mass is 16.5.